The summed E-state index contributed by atoms with van der Waals surface area (Å²) < 4.78 is 1.83. The molecule has 2 aromatic rings. The molecule has 2 aromatic heterocycles. The third-order valence-electron chi connectivity index (χ3n) is 3.60. The first-order chi connectivity index (χ1) is 10.1. The number of pyridine rings is 1. The number of rotatable bonds is 3. The first-order valence-electron chi connectivity index (χ1n) is 6.79. The summed E-state index contributed by atoms with van der Waals surface area (Å²) in [5, 5.41) is 7.43. The average molecular weight is 350 g/mol. The molecule has 1 N–H and O–H groups in total. The Morgan fingerprint density at radius 2 is 2.29 bits per heavy atom. The van der Waals surface area contributed by atoms with Crippen LogP contribution in [0.4, 0.5) is 11.5 Å². The predicted octanol–water partition coefficient (Wildman–Crippen LogP) is 1.63. The molecular weight excluding hydrogens is 334 g/mol. The second kappa shape index (κ2) is 5.85. The van der Waals surface area contributed by atoms with Crippen LogP contribution in [0.5, 0.6) is 0 Å². The Kier molecular flexibility index (Phi) is 3.92. The third-order valence-corrected chi connectivity index (χ3v) is 4.37. The van der Waals surface area contributed by atoms with Gasteiger partial charge in [-0.2, -0.15) is 5.10 Å². The van der Waals surface area contributed by atoms with Crippen molar-refractivity contribution in [3.8, 4) is 0 Å². The highest BCUT2D eigenvalue weighted by Gasteiger charge is 2.24. The number of nitrogens with one attached hydrogen (secondary N) is 1. The summed E-state index contributed by atoms with van der Waals surface area (Å²) in [5.74, 6) is 0.989. The number of nitrogens with zero attached hydrogens (tertiary/aromatic N) is 4. The van der Waals surface area contributed by atoms with E-state index in [-0.39, 0.29) is 11.6 Å². The number of aromatic nitrogens is 3. The van der Waals surface area contributed by atoms with Crippen LogP contribution >= 0.6 is 15.9 Å². The fourth-order valence-corrected chi connectivity index (χ4v) is 2.93. The van der Waals surface area contributed by atoms with Gasteiger partial charge in [-0.15, -0.1) is 0 Å². The van der Waals surface area contributed by atoms with Crippen molar-refractivity contribution in [3.05, 3.63) is 45.4 Å². The molecule has 0 amide bonds. The SMILES string of the molecule is Cn1ncc(NC2CCN(c3ccccn3)C2)c(Br)c1=O. The molecule has 3 heterocycles. The molecule has 0 saturated carbocycles. The van der Waals surface area contributed by atoms with Crippen molar-refractivity contribution in [2.24, 2.45) is 7.05 Å². The van der Waals surface area contributed by atoms with Gasteiger partial charge in [0.05, 0.1) is 11.9 Å². The van der Waals surface area contributed by atoms with Crippen LogP contribution < -0.4 is 15.8 Å². The molecule has 6 nitrogen and oxygen atoms in total. The van der Waals surface area contributed by atoms with Crippen molar-refractivity contribution in [3.63, 3.8) is 0 Å². The highest BCUT2D eigenvalue weighted by Crippen LogP contribution is 2.22. The van der Waals surface area contributed by atoms with Gasteiger partial charge in [0.15, 0.2) is 0 Å². The maximum Gasteiger partial charge on any atom is 0.282 e. The van der Waals surface area contributed by atoms with Gasteiger partial charge in [0.25, 0.3) is 5.56 Å². The van der Waals surface area contributed by atoms with Crippen LogP contribution in [0.2, 0.25) is 0 Å². The molecule has 1 aliphatic heterocycles. The Bertz CT molecular complexity index is 688. The predicted molar refractivity (Wildman–Crippen MR) is 85.7 cm³/mol. The fraction of sp³-hybridized carbons (Fsp3) is 0.357. The third kappa shape index (κ3) is 2.92. The Morgan fingerprint density at radius 1 is 1.43 bits per heavy atom. The van der Waals surface area contributed by atoms with Gasteiger partial charge in [-0.3, -0.25) is 4.79 Å². The van der Waals surface area contributed by atoms with Crippen molar-refractivity contribution < 1.29 is 0 Å². The Hall–Kier alpha value is -1.89. The number of hydrogen-bond acceptors (Lipinski definition) is 5. The van der Waals surface area contributed by atoms with Crippen molar-refractivity contribution in [2.45, 2.75) is 12.5 Å². The van der Waals surface area contributed by atoms with E-state index in [0.29, 0.717) is 4.47 Å². The van der Waals surface area contributed by atoms with E-state index in [2.05, 4.69) is 36.2 Å². The molecule has 1 atom stereocenters. The number of halogens is 1. The van der Waals surface area contributed by atoms with Gasteiger partial charge < -0.3 is 10.2 Å². The average Bonchev–Trinajstić information content (AvgIpc) is 2.97. The fourth-order valence-electron chi connectivity index (χ4n) is 2.46. The quantitative estimate of drug-likeness (QED) is 0.912. The van der Waals surface area contributed by atoms with E-state index in [1.807, 2.05) is 18.2 Å². The van der Waals surface area contributed by atoms with Crippen LogP contribution in [0, 0.1) is 0 Å². The molecule has 1 saturated heterocycles. The van der Waals surface area contributed by atoms with E-state index < -0.39 is 0 Å². The van der Waals surface area contributed by atoms with E-state index in [0.717, 1.165) is 31.0 Å². The summed E-state index contributed by atoms with van der Waals surface area (Å²) in [6.07, 6.45) is 4.48. The molecule has 0 spiro atoms. The van der Waals surface area contributed by atoms with Crippen LogP contribution in [-0.4, -0.2) is 33.9 Å². The van der Waals surface area contributed by atoms with E-state index in [9.17, 15) is 4.79 Å². The van der Waals surface area contributed by atoms with E-state index in [1.165, 1.54) is 4.68 Å². The summed E-state index contributed by atoms with van der Waals surface area (Å²) >= 11 is 3.34. The summed E-state index contributed by atoms with van der Waals surface area (Å²) in [4.78, 5) is 18.4. The topological polar surface area (TPSA) is 63.1 Å². The second-order valence-corrected chi connectivity index (χ2v) is 5.86. The van der Waals surface area contributed by atoms with Gasteiger partial charge >= 0.3 is 0 Å². The number of aryl methyl sites for hydroxylation is 1. The summed E-state index contributed by atoms with van der Waals surface area (Å²) in [5.41, 5.74) is 0.602. The lowest BCUT2D eigenvalue weighted by Crippen LogP contribution is -2.28. The van der Waals surface area contributed by atoms with Crippen molar-refractivity contribution in [2.75, 3.05) is 23.3 Å². The van der Waals surface area contributed by atoms with E-state index in [1.54, 1.807) is 19.4 Å². The zero-order valence-corrected chi connectivity index (χ0v) is 13.2. The van der Waals surface area contributed by atoms with Crippen molar-refractivity contribution in [1.82, 2.24) is 14.8 Å². The minimum atomic E-state index is -0.139. The molecule has 110 valence electrons. The van der Waals surface area contributed by atoms with E-state index >= 15 is 0 Å². The van der Waals surface area contributed by atoms with Crippen LogP contribution in [0.25, 0.3) is 0 Å². The highest BCUT2D eigenvalue weighted by atomic mass is 79.9. The van der Waals surface area contributed by atoms with Gasteiger partial charge in [0.2, 0.25) is 0 Å². The largest absolute Gasteiger partial charge is 0.378 e. The Morgan fingerprint density at radius 3 is 3.05 bits per heavy atom. The van der Waals surface area contributed by atoms with Crippen LogP contribution in [0.3, 0.4) is 0 Å². The van der Waals surface area contributed by atoms with Crippen LogP contribution in [0.15, 0.2) is 39.9 Å². The summed E-state index contributed by atoms with van der Waals surface area (Å²) in [7, 11) is 1.63. The minimum absolute atomic E-state index is 0.139. The van der Waals surface area contributed by atoms with Crippen molar-refractivity contribution in [1.29, 1.82) is 0 Å². The Balaban J connectivity index is 1.71. The molecule has 1 aliphatic rings. The van der Waals surface area contributed by atoms with Gasteiger partial charge in [-0.25, -0.2) is 9.67 Å². The first kappa shape index (κ1) is 14.1. The molecule has 0 radical (unpaired) electrons. The normalized spacial score (nSPS) is 18.0. The van der Waals surface area contributed by atoms with Gasteiger partial charge in [0.1, 0.15) is 10.3 Å². The lowest BCUT2D eigenvalue weighted by Gasteiger charge is -2.18. The molecule has 7 heteroatoms. The monoisotopic (exact) mass is 349 g/mol. The molecule has 21 heavy (non-hydrogen) atoms. The van der Waals surface area contributed by atoms with Crippen LogP contribution in [0.1, 0.15) is 6.42 Å². The maximum absolute atomic E-state index is 11.8. The van der Waals surface area contributed by atoms with Gasteiger partial charge in [0, 0.05) is 32.4 Å². The second-order valence-electron chi connectivity index (χ2n) is 5.06. The molecule has 1 unspecified atom stereocenters. The first-order valence-corrected chi connectivity index (χ1v) is 7.59. The number of anilines is 2. The highest BCUT2D eigenvalue weighted by molar-refractivity contribution is 9.10. The smallest absolute Gasteiger partial charge is 0.282 e. The standard InChI is InChI=1S/C14H16BrN5O/c1-19-14(21)13(15)11(8-17-19)18-10-5-7-20(9-10)12-4-2-3-6-16-12/h2-4,6,8,10,18H,5,7,9H2,1H3. The molecule has 0 aliphatic carbocycles. The van der Waals surface area contributed by atoms with Crippen LogP contribution in [-0.2, 0) is 7.05 Å². The minimum Gasteiger partial charge on any atom is -0.378 e. The molecule has 1 fully saturated rings. The lowest BCUT2D eigenvalue weighted by atomic mass is 10.2. The summed E-state index contributed by atoms with van der Waals surface area (Å²) in [6, 6.07) is 6.19. The van der Waals surface area contributed by atoms with Gasteiger partial charge in [-0.05, 0) is 34.5 Å². The maximum atomic E-state index is 11.8. The molecule has 0 aromatic carbocycles. The Labute approximate surface area is 130 Å². The molecular formula is C14H16BrN5O. The van der Waals surface area contributed by atoms with Gasteiger partial charge in [-0.1, -0.05) is 6.07 Å². The zero-order valence-electron chi connectivity index (χ0n) is 11.7. The zero-order chi connectivity index (χ0) is 14.8. The van der Waals surface area contributed by atoms with Crippen molar-refractivity contribution >= 4 is 27.4 Å². The molecule has 0 bridgehead atoms. The van der Waals surface area contributed by atoms with E-state index in [4.69, 9.17) is 0 Å². The summed E-state index contributed by atoms with van der Waals surface area (Å²) in [6.45, 7) is 1.81. The lowest BCUT2D eigenvalue weighted by molar-refractivity contribution is 0.699. The number of hydrogen-bond donors (Lipinski definition) is 1. The molecule has 3 rings (SSSR count).